The Kier molecular flexibility index (Phi) is 4.76. The molecule has 0 aromatic rings. The number of carbonyl (C=O) groups is 2. The SMILES string of the molecule is CC/C=C(/CC(N)C(=O)O)C(=O)O. The van der Waals surface area contributed by atoms with Gasteiger partial charge >= 0.3 is 11.9 Å². The summed E-state index contributed by atoms with van der Waals surface area (Å²) in [4.78, 5) is 20.8. The van der Waals surface area contributed by atoms with Crippen LogP contribution in [0.15, 0.2) is 11.6 Å². The van der Waals surface area contributed by atoms with Crippen LogP contribution in [0.1, 0.15) is 19.8 Å². The number of hydrogen-bond donors (Lipinski definition) is 3. The molecule has 5 heteroatoms. The van der Waals surface area contributed by atoms with Gasteiger partial charge in [-0.2, -0.15) is 0 Å². The highest BCUT2D eigenvalue weighted by molar-refractivity contribution is 5.88. The van der Waals surface area contributed by atoms with Crippen molar-refractivity contribution in [2.45, 2.75) is 25.8 Å². The Bertz CT molecular complexity index is 234. The molecule has 0 aliphatic carbocycles. The van der Waals surface area contributed by atoms with E-state index in [4.69, 9.17) is 15.9 Å². The van der Waals surface area contributed by atoms with Gasteiger partial charge in [-0.15, -0.1) is 0 Å². The van der Waals surface area contributed by atoms with E-state index in [1.807, 2.05) is 0 Å². The number of carboxylic acids is 2. The molecule has 0 saturated heterocycles. The molecule has 1 atom stereocenters. The first-order chi connectivity index (χ1) is 5.99. The highest BCUT2D eigenvalue weighted by Gasteiger charge is 2.17. The Morgan fingerprint density at radius 2 is 2.00 bits per heavy atom. The normalized spacial score (nSPS) is 13.8. The summed E-state index contributed by atoms with van der Waals surface area (Å²) in [6, 6.07) is -1.14. The number of carboxylic acid groups (broad SMARTS) is 2. The zero-order valence-corrected chi connectivity index (χ0v) is 7.36. The summed E-state index contributed by atoms with van der Waals surface area (Å²) in [6.07, 6.45) is 1.87. The Balaban J connectivity index is 4.36. The fourth-order valence-corrected chi connectivity index (χ4v) is 0.829. The zero-order valence-electron chi connectivity index (χ0n) is 7.36. The van der Waals surface area contributed by atoms with Crippen LogP contribution in [0.5, 0.6) is 0 Å². The monoisotopic (exact) mass is 187 g/mol. The standard InChI is InChI=1S/C8H13NO4/c1-2-3-5(7(10)11)4-6(9)8(12)13/h3,6H,2,4,9H2,1H3,(H,10,11)(H,12,13)/b5-3-. The lowest BCUT2D eigenvalue weighted by Gasteiger charge is -2.06. The molecular formula is C8H13NO4. The molecule has 0 rings (SSSR count). The third-order valence-electron chi connectivity index (χ3n) is 1.48. The van der Waals surface area contributed by atoms with Gasteiger partial charge in [0.2, 0.25) is 0 Å². The number of allylic oxidation sites excluding steroid dienone is 1. The number of rotatable bonds is 5. The van der Waals surface area contributed by atoms with Crippen molar-refractivity contribution in [3.05, 3.63) is 11.6 Å². The largest absolute Gasteiger partial charge is 0.480 e. The Hall–Kier alpha value is -1.36. The van der Waals surface area contributed by atoms with Crippen LogP contribution in [0.25, 0.3) is 0 Å². The molecule has 1 unspecified atom stereocenters. The molecule has 0 heterocycles. The third-order valence-corrected chi connectivity index (χ3v) is 1.48. The fourth-order valence-electron chi connectivity index (χ4n) is 0.829. The first-order valence-electron chi connectivity index (χ1n) is 3.89. The summed E-state index contributed by atoms with van der Waals surface area (Å²) in [5, 5.41) is 17.1. The topological polar surface area (TPSA) is 101 Å². The molecule has 0 bridgehead atoms. The van der Waals surface area contributed by atoms with E-state index in [0.717, 1.165) is 0 Å². The van der Waals surface area contributed by atoms with Gasteiger partial charge in [-0.1, -0.05) is 13.0 Å². The maximum atomic E-state index is 10.5. The smallest absolute Gasteiger partial charge is 0.331 e. The lowest BCUT2D eigenvalue weighted by molar-refractivity contribution is -0.138. The Morgan fingerprint density at radius 1 is 1.46 bits per heavy atom. The van der Waals surface area contributed by atoms with Gasteiger partial charge in [-0.05, 0) is 6.42 Å². The van der Waals surface area contributed by atoms with Crippen molar-refractivity contribution in [3.63, 3.8) is 0 Å². The van der Waals surface area contributed by atoms with E-state index in [9.17, 15) is 9.59 Å². The molecule has 74 valence electrons. The fraction of sp³-hybridized carbons (Fsp3) is 0.500. The lowest BCUT2D eigenvalue weighted by Crippen LogP contribution is -2.31. The van der Waals surface area contributed by atoms with Crippen LogP contribution in [-0.4, -0.2) is 28.2 Å². The van der Waals surface area contributed by atoms with E-state index in [1.54, 1.807) is 6.92 Å². The van der Waals surface area contributed by atoms with Gasteiger partial charge < -0.3 is 15.9 Å². The summed E-state index contributed by atoms with van der Waals surface area (Å²) in [5.41, 5.74) is 5.23. The van der Waals surface area contributed by atoms with E-state index < -0.39 is 18.0 Å². The Labute approximate surface area is 75.9 Å². The molecule has 13 heavy (non-hydrogen) atoms. The van der Waals surface area contributed by atoms with Crippen LogP contribution in [0.4, 0.5) is 0 Å². The molecule has 0 aliphatic heterocycles. The van der Waals surface area contributed by atoms with Gasteiger partial charge in [0.15, 0.2) is 0 Å². The molecule has 0 radical (unpaired) electrons. The van der Waals surface area contributed by atoms with Crippen LogP contribution < -0.4 is 5.73 Å². The number of hydrogen-bond acceptors (Lipinski definition) is 3. The van der Waals surface area contributed by atoms with Crippen molar-refractivity contribution in [3.8, 4) is 0 Å². The second-order valence-corrected chi connectivity index (χ2v) is 2.59. The van der Waals surface area contributed by atoms with Gasteiger partial charge in [0.1, 0.15) is 6.04 Å². The average molecular weight is 187 g/mol. The predicted octanol–water partition coefficient (Wildman–Crippen LogP) is 0.209. The molecule has 0 aliphatic rings. The lowest BCUT2D eigenvalue weighted by atomic mass is 10.1. The molecule has 0 fully saturated rings. The van der Waals surface area contributed by atoms with Gasteiger partial charge in [-0.25, -0.2) is 4.79 Å². The summed E-state index contributed by atoms with van der Waals surface area (Å²) < 4.78 is 0. The highest BCUT2D eigenvalue weighted by Crippen LogP contribution is 2.05. The molecular weight excluding hydrogens is 174 g/mol. The van der Waals surface area contributed by atoms with E-state index >= 15 is 0 Å². The second-order valence-electron chi connectivity index (χ2n) is 2.59. The van der Waals surface area contributed by atoms with Gasteiger partial charge in [0.25, 0.3) is 0 Å². The third kappa shape index (κ3) is 4.27. The predicted molar refractivity (Wildman–Crippen MR) is 46.2 cm³/mol. The van der Waals surface area contributed by atoms with Crippen LogP contribution >= 0.6 is 0 Å². The van der Waals surface area contributed by atoms with Crippen LogP contribution in [0.2, 0.25) is 0 Å². The van der Waals surface area contributed by atoms with Crippen molar-refractivity contribution >= 4 is 11.9 Å². The summed E-state index contributed by atoms with van der Waals surface area (Å²) >= 11 is 0. The van der Waals surface area contributed by atoms with Crippen LogP contribution in [0.3, 0.4) is 0 Å². The average Bonchev–Trinajstić information content (AvgIpc) is 2.03. The summed E-state index contributed by atoms with van der Waals surface area (Å²) in [7, 11) is 0. The Morgan fingerprint density at radius 3 is 2.31 bits per heavy atom. The number of nitrogens with two attached hydrogens (primary N) is 1. The molecule has 5 nitrogen and oxygen atoms in total. The van der Waals surface area contributed by atoms with Crippen molar-refractivity contribution in [2.24, 2.45) is 5.73 Å². The second kappa shape index (κ2) is 5.31. The minimum Gasteiger partial charge on any atom is -0.480 e. The molecule has 0 saturated carbocycles. The van der Waals surface area contributed by atoms with Crippen molar-refractivity contribution in [2.75, 3.05) is 0 Å². The molecule has 0 aromatic carbocycles. The van der Waals surface area contributed by atoms with E-state index in [-0.39, 0.29) is 12.0 Å². The summed E-state index contributed by atoms with van der Waals surface area (Å²) in [6.45, 7) is 1.77. The zero-order chi connectivity index (χ0) is 10.4. The van der Waals surface area contributed by atoms with Gasteiger partial charge in [0.05, 0.1) is 0 Å². The van der Waals surface area contributed by atoms with Gasteiger partial charge in [-0.3, -0.25) is 4.79 Å². The molecule has 0 aromatic heterocycles. The molecule has 0 amide bonds. The first-order valence-corrected chi connectivity index (χ1v) is 3.89. The number of aliphatic carboxylic acids is 2. The maximum Gasteiger partial charge on any atom is 0.331 e. The minimum absolute atomic E-state index is 0.0531. The van der Waals surface area contributed by atoms with Crippen LogP contribution in [0, 0.1) is 0 Å². The van der Waals surface area contributed by atoms with Crippen LogP contribution in [-0.2, 0) is 9.59 Å². The highest BCUT2D eigenvalue weighted by atomic mass is 16.4. The van der Waals surface area contributed by atoms with E-state index in [0.29, 0.717) is 6.42 Å². The van der Waals surface area contributed by atoms with Crippen molar-refractivity contribution in [1.82, 2.24) is 0 Å². The maximum absolute atomic E-state index is 10.5. The quantitative estimate of drug-likeness (QED) is 0.534. The summed E-state index contributed by atoms with van der Waals surface area (Å²) in [5.74, 6) is -2.30. The van der Waals surface area contributed by atoms with Crippen molar-refractivity contribution < 1.29 is 19.8 Å². The molecule has 0 spiro atoms. The van der Waals surface area contributed by atoms with E-state index in [1.165, 1.54) is 6.08 Å². The first kappa shape index (κ1) is 11.6. The van der Waals surface area contributed by atoms with Crippen molar-refractivity contribution in [1.29, 1.82) is 0 Å². The van der Waals surface area contributed by atoms with Gasteiger partial charge in [0, 0.05) is 12.0 Å². The molecule has 4 N–H and O–H groups in total. The minimum atomic E-state index is -1.19. The van der Waals surface area contributed by atoms with E-state index in [2.05, 4.69) is 0 Å².